The van der Waals surface area contributed by atoms with Crippen molar-refractivity contribution < 1.29 is 9.59 Å². The van der Waals surface area contributed by atoms with Gasteiger partial charge < -0.3 is 10.2 Å². The highest BCUT2D eigenvalue weighted by atomic mass is 32.2. The summed E-state index contributed by atoms with van der Waals surface area (Å²) in [6, 6.07) is 5.92. The highest BCUT2D eigenvalue weighted by Crippen LogP contribution is 2.32. The molecular formula is C15H18N2O2S. The van der Waals surface area contributed by atoms with Crippen molar-refractivity contribution in [1.29, 1.82) is 0 Å². The monoisotopic (exact) mass is 290 g/mol. The first kappa shape index (κ1) is 13.5. The highest BCUT2D eigenvalue weighted by molar-refractivity contribution is 8.00. The number of hydrogen-bond acceptors (Lipinski definition) is 3. The number of piperidine rings is 1. The van der Waals surface area contributed by atoms with Crippen molar-refractivity contribution in [3.05, 3.63) is 23.8 Å². The normalized spacial score (nSPS) is 18.4. The van der Waals surface area contributed by atoms with Gasteiger partial charge in [0.1, 0.15) is 0 Å². The Morgan fingerprint density at radius 2 is 2.05 bits per heavy atom. The third kappa shape index (κ3) is 2.98. The lowest BCUT2D eigenvalue weighted by Gasteiger charge is -2.27. The first-order valence-electron chi connectivity index (χ1n) is 7.06. The van der Waals surface area contributed by atoms with Crippen LogP contribution in [-0.4, -0.2) is 35.6 Å². The van der Waals surface area contributed by atoms with Gasteiger partial charge in [0, 0.05) is 18.0 Å². The summed E-state index contributed by atoms with van der Waals surface area (Å²) in [6.07, 6.45) is 3.88. The van der Waals surface area contributed by atoms with Crippen molar-refractivity contribution in [2.75, 3.05) is 24.2 Å². The maximum Gasteiger partial charge on any atom is 0.234 e. The molecule has 106 valence electrons. The fourth-order valence-corrected chi connectivity index (χ4v) is 3.46. The summed E-state index contributed by atoms with van der Waals surface area (Å²) < 4.78 is 0. The summed E-state index contributed by atoms with van der Waals surface area (Å²) in [6.45, 7) is 1.77. The molecule has 1 fully saturated rings. The number of hydrogen-bond donors (Lipinski definition) is 1. The van der Waals surface area contributed by atoms with Crippen LogP contribution in [0, 0.1) is 0 Å². The number of likely N-dealkylation sites (tertiary alicyclic amines) is 1. The predicted octanol–water partition coefficient (Wildman–Crippen LogP) is 2.29. The first-order valence-corrected chi connectivity index (χ1v) is 8.04. The Kier molecular flexibility index (Phi) is 3.96. The quantitative estimate of drug-likeness (QED) is 0.909. The molecule has 2 aliphatic heterocycles. The lowest BCUT2D eigenvalue weighted by molar-refractivity contribution is -0.131. The molecule has 0 atom stereocenters. The molecule has 5 heteroatoms. The summed E-state index contributed by atoms with van der Waals surface area (Å²) in [7, 11) is 0. The number of carbonyl (C=O) groups is 2. The van der Waals surface area contributed by atoms with Gasteiger partial charge in [-0.1, -0.05) is 6.07 Å². The van der Waals surface area contributed by atoms with E-state index in [-0.39, 0.29) is 11.8 Å². The van der Waals surface area contributed by atoms with Gasteiger partial charge in [-0.3, -0.25) is 9.59 Å². The van der Waals surface area contributed by atoms with Crippen LogP contribution in [0.3, 0.4) is 0 Å². The largest absolute Gasteiger partial charge is 0.342 e. The zero-order valence-corrected chi connectivity index (χ0v) is 12.2. The van der Waals surface area contributed by atoms with E-state index in [9.17, 15) is 9.59 Å². The van der Waals surface area contributed by atoms with E-state index >= 15 is 0 Å². The predicted molar refractivity (Wildman–Crippen MR) is 79.9 cm³/mol. The van der Waals surface area contributed by atoms with Gasteiger partial charge >= 0.3 is 0 Å². The Bertz CT molecular complexity index is 539. The van der Waals surface area contributed by atoms with Crippen molar-refractivity contribution in [2.24, 2.45) is 0 Å². The van der Waals surface area contributed by atoms with Gasteiger partial charge in [0.05, 0.1) is 17.9 Å². The molecule has 1 aromatic rings. The first-order chi connectivity index (χ1) is 9.72. The molecule has 1 aromatic carbocycles. The molecule has 0 bridgehead atoms. The number of nitrogens with one attached hydrogen (secondary N) is 1. The van der Waals surface area contributed by atoms with Crippen molar-refractivity contribution in [2.45, 2.75) is 30.6 Å². The van der Waals surface area contributed by atoms with E-state index in [1.54, 1.807) is 11.8 Å². The second kappa shape index (κ2) is 5.87. The molecule has 4 nitrogen and oxygen atoms in total. The van der Waals surface area contributed by atoms with Gasteiger partial charge in [0.25, 0.3) is 0 Å². The molecule has 1 saturated heterocycles. The average molecular weight is 290 g/mol. The van der Waals surface area contributed by atoms with Gasteiger partial charge in [-0.15, -0.1) is 11.8 Å². The maximum absolute atomic E-state index is 12.2. The third-order valence-electron chi connectivity index (χ3n) is 3.74. The van der Waals surface area contributed by atoms with Crippen molar-refractivity contribution >= 4 is 29.3 Å². The van der Waals surface area contributed by atoms with E-state index in [0.29, 0.717) is 12.2 Å². The fraction of sp³-hybridized carbons (Fsp3) is 0.467. The second-order valence-electron chi connectivity index (χ2n) is 5.29. The van der Waals surface area contributed by atoms with Crippen LogP contribution < -0.4 is 5.32 Å². The molecule has 3 rings (SSSR count). The number of anilines is 1. The van der Waals surface area contributed by atoms with E-state index in [0.717, 1.165) is 42.1 Å². The van der Waals surface area contributed by atoms with Crippen molar-refractivity contribution in [3.63, 3.8) is 0 Å². The zero-order valence-electron chi connectivity index (χ0n) is 11.4. The molecule has 0 spiro atoms. The van der Waals surface area contributed by atoms with E-state index in [1.165, 1.54) is 6.42 Å². The van der Waals surface area contributed by atoms with Crippen LogP contribution in [0.25, 0.3) is 0 Å². The molecule has 20 heavy (non-hydrogen) atoms. The van der Waals surface area contributed by atoms with Gasteiger partial charge in [0.2, 0.25) is 11.8 Å². The molecule has 0 radical (unpaired) electrons. The molecule has 1 N–H and O–H groups in total. The summed E-state index contributed by atoms with van der Waals surface area (Å²) in [4.78, 5) is 26.7. The number of fused-ring (bicyclic) bond motifs is 1. The third-order valence-corrected chi connectivity index (χ3v) is 4.81. The van der Waals surface area contributed by atoms with E-state index in [4.69, 9.17) is 0 Å². The number of amides is 2. The molecule has 2 aliphatic rings. The van der Waals surface area contributed by atoms with Gasteiger partial charge in [-0.05, 0) is 37.0 Å². The van der Waals surface area contributed by atoms with E-state index in [1.807, 2.05) is 23.1 Å². The van der Waals surface area contributed by atoms with E-state index in [2.05, 4.69) is 5.32 Å². The van der Waals surface area contributed by atoms with Gasteiger partial charge in [-0.25, -0.2) is 0 Å². The minimum Gasteiger partial charge on any atom is -0.342 e. The molecule has 0 unspecified atom stereocenters. The summed E-state index contributed by atoms with van der Waals surface area (Å²) in [5, 5.41) is 2.87. The minimum absolute atomic E-state index is 0.0296. The average Bonchev–Trinajstić information content (AvgIpc) is 2.47. The lowest BCUT2D eigenvalue weighted by atomic mass is 10.1. The van der Waals surface area contributed by atoms with Crippen LogP contribution in [0.5, 0.6) is 0 Å². The maximum atomic E-state index is 12.2. The topological polar surface area (TPSA) is 49.4 Å². The van der Waals surface area contributed by atoms with Gasteiger partial charge in [0.15, 0.2) is 0 Å². The fourth-order valence-electron chi connectivity index (χ4n) is 2.67. The molecule has 2 amide bonds. The Morgan fingerprint density at radius 1 is 1.25 bits per heavy atom. The lowest BCUT2D eigenvalue weighted by Crippen LogP contribution is -2.36. The summed E-state index contributed by atoms with van der Waals surface area (Å²) in [5.74, 6) is 0.695. The standard InChI is InChI=1S/C15H18N2O2S/c18-14-10-20-13-5-4-11(8-12(13)16-14)9-15(19)17-6-2-1-3-7-17/h4-5,8H,1-3,6-7,9-10H2,(H,16,18). The van der Waals surface area contributed by atoms with Crippen molar-refractivity contribution in [3.8, 4) is 0 Å². The van der Waals surface area contributed by atoms with Crippen molar-refractivity contribution in [1.82, 2.24) is 4.90 Å². The Morgan fingerprint density at radius 3 is 2.85 bits per heavy atom. The SMILES string of the molecule is O=C1CSc2ccc(CC(=O)N3CCCCC3)cc2N1. The van der Waals surface area contributed by atoms with Gasteiger partial charge in [-0.2, -0.15) is 0 Å². The number of carbonyl (C=O) groups excluding carboxylic acids is 2. The smallest absolute Gasteiger partial charge is 0.234 e. The Hall–Kier alpha value is -1.49. The van der Waals surface area contributed by atoms with Crippen LogP contribution in [-0.2, 0) is 16.0 Å². The van der Waals surface area contributed by atoms with Crippen LogP contribution in [0.4, 0.5) is 5.69 Å². The summed E-state index contributed by atoms with van der Waals surface area (Å²) >= 11 is 1.55. The Balaban J connectivity index is 1.69. The number of nitrogens with zero attached hydrogens (tertiary/aromatic N) is 1. The van der Waals surface area contributed by atoms with E-state index < -0.39 is 0 Å². The highest BCUT2D eigenvalue weighted by Gasteiger charge is 2.19. The number of benzene rings is 1. The summed E-state index contributed by atoms with van der Waals surface area (Å²) in [5.41, 5.74) is 1.82. The molecule has 0 aromatic heterocycles. The number of thioether (sulfide) groups is 1. The molecule has 2 heterocycles. The molecular weight excluding hydrogens is 272 g/mol. The second-order valence-corrected chi connectivity index (χ2v) is 6.30. The molecule has 0 aliphatic carbocycles. The van der Waals surface area contributed by atoms with Crippen LogP contribution in [0.1, 0.15) is 24.8 Å². The van der Waals surface area contributed by atoms with Crippen LogP contribution >= 0.6 is 11.8 Å². The molecule has 0 saturated carbocycles. The Labute approximate surface area is 122 Å². The van der Waals surface area contributed by atoms with Crippen LogP contribution in [0.15, 0.2) is 23.1 Å². The number of rotatable bonds is 2. The minimum atomic E-state index is 0.0296. The van der Waals surface area contributed by atoms with Crippen LogP contribution in [0.2, 0.25) is 0 Å². The zero-order chi connectivity index (χ0) is 13.9.